The maximum Gasteiger partial charge on any atom is 0.220 e. The molecule has 1 unspecified atom stereocenters. The highest BCUT2D eigenvalue weighted by Crippen LogP contribution is 2.23. The van der Waals surface area contributed by atoms with Crippen LogP contribution in [0.5, 0.6) is 5.75 Å². The van der Waals surface area contributed by atoms with Crippen molar-refractivity contribution in [3.05, 3.63) is 29.8 Å². The zero-order chi connectivity index (χ0) is 15.2. The van der Waals surface area contributed by atoms with E-state index in [4.69, 9.17) is 4.74 Å². The van der Waals surface area contributed by atoms with E-state index in [9.17, 15) is 9.90 Å². The molecule has 2 N–H and O–H groups in total. The van der Waals surface area contributed by atoms with Gasteiger partial charge in [-0.15, -0.1) is 0 Å². The van der Waals surface area contributed by atoms with Crippen LogP contribution in [0.4, 0.5) is 0 Å². The molecule has 0 aromatic heterocycles. The summed E-state index contributed by atoms with van der Waals surface area (Å²) in [5.41, 5.74) is 1.14. The van der Waals surface area contributed by atoms with E-state index in [0.717, 1.165) is 37.0 Å². The molecule has 0 radical (unpaired) electrons. The summed E-state index contributed by atoms with van der Waals surface area (Å²) >= 11 is 0. The second kappa shape index (κ2) is 7.46. The quantitative estimate of drug-likeness (QED) is 0.876. The van der Waals surface area contributed by atoms with Gasteiger partial charge in [0.25, 0.3) is 0 Å². The third-order valence-electron chi connectivity index (χ3n) is 4.24. The van der Waals surface area contributed by atoms with Gasteiger partial charge in [-0.3, -0.25) is 4.79 Å². The Labute approximate surface area is 126 Å². The lowest BCUT2D eigenvalue weighted by atomic mass is 9.92. The lowest BCUT2D eigenvalue weighted by molar-refractivity contribution is -0.122. The number of methoxy groups -OCH3 is 1. The van der Waals surface area contributed by atoms with E-state index in [1.54, 1.807) is 7.11 Å². The average molecular weight is 291 g/mol. The number of amides is 1. The van der Waals surface area contributed by atoms with Crippen molar-refractivity contribution in [1.29, 1.82) is 0 Å². The number of rotatable bonds is 5. The summed E-state index contributed by atoms with van der Waals surface area (Å²) in [5, 5.41) is 12.6. The fourth-order valence-electron chi connectivity index (χ4n) is 2.84. The number of nitrogens with one attached hydrogen (secondary N) is 1. The van der Waals surface area contributed by atoms with Crippen LogP contribution < -0.4 is 10.1 Å². The summed E-state index contributed by atoms with van der Waals surface area (Å²) in [6.45, 7) is 2.06. The molecule has 0 aliphatic heterocycles. The summed E-state index contributed by atoms with van der Waals surface area (Å²) in [4.78, 5) is 12.1. The minimum atomic E-state index is -0.184. The van der Waals surface area contributed by atoms with Crippen molar-refractivity contribution in [3.63, 3.8) is 0 Å². The van der Waals surface area contributed by atoms with E-state index in [2.05, 4.69) is 12.2 Å². The van der Waals surface area contributed by atoms with Crippen LogP contribution >= 0.6 is 0 Å². The molecule has 1 aromatic rings. The van der Waals surface area contributed by atoms with Crippen LogP contribution in [-0.2, 0) is 4.79 Å². The van der Waals surface area contributed by atoms with E-state index in [-0.39, 0.29) is 24.0 Å². The van der Waals surface area contributed by atoms with E-state index in [1.165, 1.54) is 0 Å². The van der Waals surface area contributed by atoms with Crippen LogP contribution in [0, 0.1) is 0 Å². The van der Waals surface area contributed by atoms with Gasteiger partial charge in [-0.2, -0.15) is 0 Å². The van der Waals surface area contributed by atoms with E-state index < -0.39 is 0 Å². The Morgan fingerprint density at radius 2 is 1.90 bits per heavy atom. The molecule has 1 aromatic carbocycles. The van der Waals surface area contributed by atoms with Crippen molar-refractivity contribution < 1.29 is 14.6 Å². The number of carbonyl (C=O) groups is 1. The van der Waals surface area contributed by atoms with Gasteiger partial charge >= 0.3 is 0 Å². The maximum absolute atomic E-state index is 12.1. The van der Waals surface area contributed by atoms with Crippen LogP contribution in [-0.4, -0.2) is 30.3 Å². The van der Waals surface area contributed by atoms with Crippen molar-refractivity contribution >= 4 is 5.91 Å². The molecule has 21 heavy (non-hydrogen) atoms. The molecular formula is C17H25NO3. The van der Waals surface area contributed by atoms with Crippen LogP contribution in [0.15, 0.2) is 24.3 Å². The van der Waals surface area contributed by atoms with Gasteiger partial charge in [-0.25, -0.2) is 0 Å². The molecule has 116 valence electrons. The van der Waals surface area contributed by atoms with Gasteiger partial charge in [0.05, 0.1) is 13.2 Å². The van der Waals surface area contributed by atoms with Gasteiger partial charge in [-0.05, 0) is 49.3 Å². The first kappa shape index (κ1) is 15.8. The minimum absolute atomic E-state index is 0.0970. The lowest BCUT2D eigenvalue weighted by Crippen LogP contribution is -2.38. The Balaban J connectivity index is 1.81. The molecule has 1 aliphatic rings. The molecule has 1 atom stereocenters. The summed E-state index contributed by atoms with van der Waals surface area (Å²) in [6, 6.07) is 8.09. The summed E-state index contributed by atoms with van der Waals surface area (Å²) < 4.78 is 5.14. The molecule has 4 nitrogen and oxygen atoms in total. The number of hydrogen-bond acceptors (Lipinski definition) is 3. The Hall–Kier alpha value is -1.55. The van der Waals surface area contributed by atoms with Crippen molar-refractivity contribution in [1.82, 2.24) is 5.32 Å². The van der Waals surface area contributed by atoms with Crippen molar-refractivity contribution in [2.75, 3.05) is 7.11 Å². The zero-order valence-electron chi connectivity index (χ0n) is 12.8. The van der Waals surface area contributed by atoms with Crippen molar-refractivity contribution in [3.8, 4) is 5.75 Å². The average Bonchev–Trinajstić information content (AvgIpc) is 2.49. The third-order valence-corrected chi connectivity index (χ3v) is 4.24. The maximum atomic E-state index is 12.1. The monoisotopic (exact) mass is 291 g/mol. The third kappa shape index (κ3) is 4.74. The van der Waals surface area contributed by atoms with Crippen molar-refractivity contribution in [2.45, 2.75) is 57.1 Å². The Morgan fingerprint density at radius 1 is 1.29 bits per heavy atom. The number of aliphatic hydroxyl groups excluding tert-OH is 1. The predicted molar refractivity (Wildman–Crippen MR) is 82.4 cm³/mol. The van der Waals surface area contributed by atoms with Crippen LogP contribution in [0.3, 0.4) is 0 Å². The SMILES string of the molecule is COc1ccc(C(C)CC(=O)NC2CCC(O)CC2)cc1. The van der Waals surface area contributed by atoms with Crippen LogP contribution in [0.1, 0.15) is 50.5 Å². The highest BCUT2D eigenvalue weighted by atomic mass is 16.5. The molecular weight excluding hydrogens is 266 g/mol. The molecule has 0 saturated heterocycles. The fraction of sp³-hybridized carbons (Fsp3) is 0.588. The minimum Gasteiger partial charge on any atom is -0.497 e. The number of carbonyl (C=O) groups excluding carboxylic acids is 1. The fourth-order valence-corrected chi connectivity index (χ4v) is 2.84. The van der Waals surface area contributed by atoms with E-state index in [0.29, 0.717) is 6.42 Å². The molecule has 0 heterocycles. The van der Waals surface area contributed by atoms with Gasteiger partial charge in [0.2, 0.25) is 5.91 Å². The highest BCUT2D eigenvalue weighted by Gasteiger charge is 2.21. The smallest absolute Gasteiger partial charge is 0.220 e. The first-order chi connectivity index (χ1) is 10.1. The van der Waals surface area contributed by atoms with Gasteiger partial charge in [0.1, 0.15) is 5.75 Å². The lowest BCUT2D eigenvalue weighted by Gasteiger charge is -2.26. The van der Waals surface area contributed by atoms with E-state index in [1.807, 2.05) is 24.3 Å². The van der Waals surface area contributed by atoms with Crippen molar-refractivity contribution in [2.24, 2.45) is 0 Å². The van der Waals surface area contributed by atoms with Gasteiger partial charge in [0.15, 0.2) is 0 Å². The predicted octanol–water partition coefficient (Wildman–Crippen LogP) is 2.61. The summed E-state index contributed by atoms with van der Waals surface area (Å²) in [7, 11) is 1.65. The zero-order valence-corrected chi connectivity index (χ0v) is 12.8. The number of ether oxygens (including phenoxy) is 1. The molecule has 1 saturated carbocycles. The van der Waals surface area contributed by atoms with E-state index >= 15 is 0 Å². The first-order valence-electron chi connectivity index (χ1n) is 7.70. The molecule has 0 spiro atoms. The number of aliphatic hydroxyl groups is 1. The molecule has 1 aliphatic carbocycles. The number of hydrogen-bond donors (Lipinski definition) is 2. The normalized spacial score (nSPS) is 23.4. The molecule has 1 fully saturated rings. The molecule has 0 bridgehead atoms. The number of benzene rings is 1. The van der Waals surface area contributed by atoms with Gasteiger partial charge in [0, 0.05) is 12.5 Å². The van der Waals surface area contributed by atoms with Crippen LogP contribution in [0.25, 0.3) is 0 Å². The second-order valence-corrected chi connectivity index (χ2v) is 5.95. The molecule has 4 heteroatoms. The summed E-state index contributed by atoms with van der Waals surface area (Å²) in [5.74, 6) is 1.11. The largest absolute Gasteiger partial charge is 0.497 e. The van der Waals surface area contributed by atoms with Crippen LogP contribution in [0.2, 0.25) is 0 Å². The van der Waals surface area contributed by atoms with Gasteiger partial charge in [-0.1, -0.05) is 19.1 Å². The Bertz CT molecular complexity index is 450. The Kier molecular flexibility index (Phi) is 5.62. The second-order valence-electron chi connectivity index (χ2n) is 5.95. The summed E-state index contributed by atoms with van der Waals surface area (Å²) in [6.07, 6.45) is 3.65. The molecule has 2 rings (SSSR count). The standard InChI is InChI=1S/C17H25NO3/c1-12(13-3-9-16(21-2)10-4-13)11-17(20)18-14-5-7-15(19)8-6-14/h3-4,9-10,12,14-15,19H,5-8,11H2,1-2H3,(H,18,20). The molecule has 1 amide bonds. The topological polar surface area (TPSA) is 58.6 Å². The first-order valence-corrected chi connectivity index (χ1v) is 7.70. The Morgan fingerprint density at radius 3 is 2.48 bits per heavy atom. The van der Waals surface area contributed by atoms with Gasteiger partial charge < -0.3 is 15.2 Å². The highest BCUT2D eigenvalue weighted by molar-refractivity contribution is 5.77.